The Morgan fingerprint density at radius 3 is 3.14 bits per heavy atom. The van der Waals surface area contributed by atoms with Crippen molar-refractivity contribution in [3.63, 3.8) is 0 Å². The molecule has 2 heterocycles. The maximum Gasteiger partial charge on any atom is 0.106 e. The van der Waals surface area contributed by atoms with Crippen LogP contribution in [0.5, 0.6) is 0 Å². The zero-order valence-electron chi connectivity index (χ0n) is 8.57. The quantitative estimate of drug-likeness (QED) is 0.822. The standard InChI is InChI=1S/C10H17N3S/c1-8-2-3-13(5-8)6-9-7-14-10(4-11)12-9/h7-8H,2-6,11H2,1H3. The summed E-state index contributed by atoms with van der Waals surface area (Å²) >= 11 is 1.67. The monoisotopic (exact) mass is 211 g/mol. The molecule has 0 amide bonds. The predicted molar refractivity (Wildman–Crippen MR) is 59.1 cm³/mol. The van der Waals surface area contributed by atoms with Crippen LogP contribution in [0.4, 0.5) is 0 Å². The van der Waals surface area contributed by atoms with Crippen LogP contribution in [-0.2, 0) is 13.1 Å². The largest absolute Gasteiger partial charge is 0.325 e. The van der Waals surface area contributed by atoms with Crippen LogP contribution in [0.25, 0.3) is 0 Å². The first-order chi connectivity index (χ1) is 6.78. The van der Waals surface area contributed by atoms with Gasteiger partial charge >= 0.3 is 0 Å². The fourth-order valence-corrected chi connectivity index (χ4v) is 2.58. The molecule has 1 unspecified atom stereocenters. The molecule has 0 radical (unpaired) electrons. The molecule has 14 heavy (non-hydrogen) atoms. The summed E-state index contributed by atoms with van der Waals surface area (Å²) in [4.78, 5) is 6.94. The van der Waals surface area contributed by atoms with Crippen LogP contribution in [-0.4, -0.2) is 23.0 Å². The number of hydrogen-bond acceptors (Lipinski definition) is 4. The zero-order valence-corrected chi connectivity index (χ0v) is 9.39. The lowest BCUT2D eigenvalue weighted by Crippen LogP contribution is -2.19. The molecule has 1 saturated heterocycles. The van der Waals surface area contributed by atoms with Gasteiger partial charge in [0.15, 0.2) is 0 Å². The van der Waals surface area contributed by atoms with Crippen molar-refractivity contribution in [2.24, 2.45) is 11.7 Å². The lowest BCUT2D eigenvalue weighted by molar-refractivity contribution is 0.317. The van der Waals surface area contributed by atoms with E-state index in [9.17, 15) is 0 Å². The SMILES string of the molecule is CC1CCN(Cc2csc(CN)n2)C1. The van der Waals surface area contributed by atoms with Crippen LogP contribution in [0.15, 0.2) is 5.38 Å². The molecule has 0 aromatic carbocycles. The van der Waals surface area contributed by atoms with E-state index < -0.39 is 0 Å². The van der Waals surface area contributed by atoms with Gasteiger partial charge in [-0.1, -0.05) is 6.92 Å². The van der Waals surface area contributed by atoms with Gasteiger partial charge in [0, 0.05) is 25.0 Å². The van der Waals surface area contributed by atoms with E-state index in [0.29, 0.717) is 6.54 Å². The third-order valence-electron chi connectivity index (χ3n) is 2.67. The average Bonchev–Trinajstić information content (AvgIpc) is 2.76. The number of likely N-dealkylation sites (tertiary alicyclic amines) is 1. The van der Waals surface area contributed by atoms with E-state index in [1.165, 1.54) is 25.2 Å². The van der Waals surface area contributed by atoms with Crippen molar-refractivity contribution in [3.8, 4) is 0 Å². The number of thiazole rings is 1. The average molecular weight is 211 g/mol. The molecule has 0 aliphatic carbocycles. The van der Waals surface area contributed by atoms with Gasteiger partial charge in [0.05, 0.1) is 5.69 Å². The zero-order chi connectivity index (χ0) is 9.97. The lowest BCUT2D eigenvalue weighted by Gasteiger charge is -2.12. The second kappa shape index (κ2) is 4.38. The van der Waals surface area contributed by atoms with Gasteiger partial charge in [-0.05, 0) is 18.9 Å². The minimum Gasteiger partial charge on any atom is -0.325 e. The third-order valence-corrected chi connectivity index (χ3v) is 3.59. The van der Waals surface area contributed by atoms with Gasteiger partial charge in [-0.3, -0.25) is 4.90 Å². The highest BCUT2D eigenvalue weighted by molar-refractivity contribution is 7.09. The molecule has 78 valence electrons. The molecule has 3 nitrogen and oxygen atoms in total. The van der Waals surface area contributed by atoms with Crippen molar-refractivity contribution in [2.75, 3.05) is 13.1 Å². The van der Waals surface area contributed by atoms with Gasteiger partial charge in [0.1, 0.15) is 5.01 Å². The minimum absolute atomic E-state index is 0.571. The van der Waals surface area contributed by atoms with Crippen molar-refractivity contribution in [1.82, 2.24) is 9.88 Å². The summed E-state index contributed by atoms with van der Waals surface area (Å²) in [5.41, 5.74) is 6.71. The smallest absolute Gasteiger partial charge is 0.106 e. The molecule has 2 rings (SSSR count). The topological polar surface area (TPSA) is 42.1 Å². The van der Waals surface area contributed by atoms with Crippen LogP contribution in [0, 0.1) is 5.92 Å². The maximum atomic E-state index is 5.53. The Balaban J connectivity index is 1.90. The Morgan fingerprint density at radius 2 is 2.57 bits per heavy atom. The molecule has 0 bridgehead atoms. The van der Waals surface area contributed by atoms with E-state index in [1.807, 2.05) is 0 Å². The number of hydrogen-bond donors (Lipinski definition) is 1. The Hall–Kier alpha value is -0.450. The number of nitrogens with two attached hydrogens (primary N) is 1. The van der Waals surface area contributed by atoms with Crippen LogP contribution in [0.1, 0.15) is 24.0 Å². The normalized spacial score (nSPS) is 23.1. The van der Waals surface area contributed by atoms with Gasteiger partial charge in [0.25, 0.3) is 0 Å². The van der Waals surface area contributed by atoms with Crippen molar-refractivity contribution < 1.29 is 0 Å². The molecule has 0 spiro atoms. The Kier molecular flexibility index (Phi) is 3.15. The molecule has 1 atom stereocenters. The highest BCUT2D eigenvalue weighted by Crippen LogP contribution is 2.18. The summed E-state index contributed by atoms with van der Waals surface area (Å²) in [5.74, 6) is 0.850. The molecule has 1 aromatic rings. The van der Waals surface area contributed by atoms with Gasteiger partial charge < -0.3 is 5.73 Å². The molecule has 0 saturated carbocycles. The Bertz CT molecular complexity index is 297. The second-order valence-corrected chi connectivity index (χ2v) is 5.01. The first-order valence-electron chi connectivity index (χ1n) is 5.13. The molecule has 1 fully saturated rings. The first-order valence-corrected chi connectivity index (χ1v) is 6.01. The summed E-state index contributed by atoms with van der Waals surface area (Å²) in [7, 11) is 0. The van der Waals surface area contributed by atoms with Crippen molar-refractivity contribution in [3.05, 3.63) is 16.1 Å². The summed E-state index contributed by atoms with van der Waals surface area (Å²) in [6.07, 6.45) is 1.33. The van der Waals surface area contributed by atoms with Crippen LogP contribution in [0.2, 0.25) is 0 Å². The van der Waals surface area contributed by atoms with E-state index in [0.717, 1.165) is 17.5 Å². The fraction of sp³-hybridized carbons (Fsp3) is 0.700. The summed E-state index contributed by atoms with van der Waals surface area (Å²) < 4.78 is 0. The summed E-state index contributed by atoms with van der Waals surface area (Å²) in [6.45, 7) is 6.32. The molecule has 1 aromatic heterocycles. The highest BCUT2D eigenvalue weighted by atomic mass is 32.1. The van der Waals surface area contributed by atoms with Crippen molar-refractivity contribution >= 4 is 11.3 Å². The van der Waals surface area contributed by atoms with Gasteiger partial charge in [-0.25, -0.2) is 4.98 Å². The predicted octanol–water partition coefficient (Wildman–Crippen LogP) is 1.44. The van der Waals surface area contributed by atoms with Gasteiger partial charge in [-0.2, -0.15) is 0 Å². The van der Waals surface area contributed by atoms with Crippen LogP contribution in [0.3, 0.4) is 0 Å². The van der Waals surface area contributed by atoms with Crippen molar-refractivity contribution in [2.45, 2.75) is 26.4 Å². The molecular formula is C10H17N3S. The lowest BCUT2D eigenvalue weighted by atomic mass is 10.2. The minimum atomic E-state index is 0.571. The summed E-state index contributed by atoms with van der Waals surface area (Å²) in [5, 5.41) is 3.18. The van der Waals surface area contributed by atoms with Crippen molar-refractivity contribution in [1.29, 1.82) is 0 Å². The molecule has 4 heteroatoms. The van der Waals surface area contributed by atoms with E-state index in [1.54, 1.807) is 11.3 Å². The molecular weight excluding hydrogens is 194 g/mol. The highest BCUT2D eigenvalue weighted by Gasteiger charge is 2.19. The summed E-state index contributed by atoms with van der Waals surface area (Å²) in [6, 6.07) is 0. The molecule has 2 N–H and O–H groups in total. The second-order valence-electron chi connectivity index (χ2n) is 4.07. The first kappa shape index (κ1) is 10.1. The van der Waals surface area contributed by atoms with Crippen LogP contribution < -0.4 is 5.73 Å². The number of rotatable bonds is 3. The number of aromatic nitrogens is 1. The van der Waals surface area contributed by atoms with E-state index in [4.69, 9.17) is 5.73 Å². The maximum absolute atomic E-state index is 5.53. The fourth-order valence-electron chi connectivity index (χ4n) is 1.91. The Labute approximate surface area is 88.9 Å². The molecule has 1 aliphatic rings. The third kappa shape index (κ3) is 2.32. The van der Waals surface area contributed by atoms with Gasteiger partial charge in [0.2, 0.25) is 0 Å². The number of nitrogens with zero attached hydrogens (tertiary/aromatic N) is 2. The molecule has 1 aliphatic heterocycles. The van der Waals surface area contributed by atoms with Gasteiger partial charge in [-0.15, -0.1) is 11.3 Å². The van der Waals surface area contributed by atoms with E-state index in [-0.39, 0.29) is 0 Å². The van der Waals surface area contributed by atoms with E-state index in [2.05, 4.69) is 22.2 Å². The Morgan fingerprint density at radius 1 is 1.71 bits per heavy atom. The van der Waals surface area contributed by atoms with Crippen LogP contribution >= 0.6 is 11.3 Å². The van der Waals surface area contributed by atoms with E-state index >= 15 is 0 Å².